The average Bonchev–Trinajstić information content (AvgIpc) is 2.46. The van der Waals surface area contributed by atoms with Crippen molar-refractivity contribution in [1.82, 2.24) is 0 Å². The summed E-state index contributed by atoms with van der Waals surface area (Å²) in [6.45, 7) is 8.21. The minimum absolute atomic E-state index is 0.277. The summed E-state index contributed by atoms with van der Waals surface area (Å²) < 4.78 is 15.8. The normalized spacial score (nSPS) is 21.9. The van der Waals surface area contributed by atoms with Crippen molar-refractivity contribution in [1.29, 1.82) is 0 Å². The van der Waals surface area contributed by atoms with E-state index < -0.39 is 13.2 Å². The lowest BCUT2D eigenvalue weighted by molar-refractivity contribution is 0.00578. The lowest BCUT2D eigenvalue weighted by atomic mass is 9.90. The molecular formula is C11H19BN2O4. The first kappa shape index (κ1) is 14.9. The molecule has 0 saturated carbocycles. The quantitative estimate of drug-likeness (QED) is 0.572. The number of nitrogens with zero attached hydrogens (tertiary/aromatic N) is 2. The molecule has 0 aliphatic carbocycles. The van der Waals surface area contributed by atoms with Crippen molar-refractivity contribution in [3.05, 3.63) is 12.1 Å². The van der Waals surface area contributed by atoms with E-state index in [9.17, 15) is 4.79 Å². The SMILES string of the molecule is COC(=O)N=NC/C=C/B1OC(C)(C)C(C)(C)O1. The summed E-state index contributed by atoms with van der Waals surface area (Å²) in [5.74, 6) is 1.76. The van der Waals surface area contributed by atoms with Gasteiger partial charge in [-0.25, -0.2) is 4.79 Å². The first-order valence-electron chi connectivity index (χ1n) is 5.76. The van der Waals surface area contributed by atoms with Crippen molar-refractivity contribution in [3.8, 4) is 0 Å². The van der Waals surface area contributed by atoms with Crippen molar-refractivity contribution in [3.63, 3.8) is 0 Å². The molecule has 6 nitrogen and oxygen atoms in total. The van der Waals surface area contributed by atoms with Crippen LogP contribution in [0.3, 0.4) is 0 Å². The predicted molar refractivity (Wildman–Crippen MR) is 67.4 cm³/mol. The van der Waals surface area contributed by atoms with Crippen LogP contribution in [-0.4, -0.2) is 38.1 Å². The standard InChI is InChI=1S/C11H19BN2O4/c1-10(2)11(3,4)18-12(17-10)7-6-8-13-14-9(15)16-5/h6-7H,8H2,1-5H3/b7-6+,14-13?. The molecule has 1 amide bonds. The molecule has 18 heavy (non-hydrogen) atoms. The van der Waals surface area contributed by atoms with Gasteiger partial charge in [-0.15, -0.1) is 0 Å². The van der Waals surface area contributed by atoms with Gasteiger partial charge in [0, 0.05) is 0 Å². The lowest BCUT2D eigenvalue weighted by Gasteiger charge is -2.32. The molecular weight excluding hydrogens is 235 g/mol. The van der Waals surface area contributed by atoms with Crippen molar-refractivity contribution in [2.24, 2.45) is 10.2 Å². The molecule has 0 radical (unpaired) electrons. The van der Waals surface area contributed by atoms with E-state index in [4.69, 9.17) is 9.31 Å². The second-order valence-corrected chi connectivity index (χ2v) is 4.95. The molecule has 7 heteroatoms. The number of carbonyl (C=O) groups excluding carboxylic acids is 1. The van der Waals surface area contributed by atoms with Gasteiger partial charge in [-0.2, -0.15) is 5.11 Å². The third-order valence-electron chi connectivity index (χ3n) is 3.08. The van der Waals surface area contributed by atoms with Crippen LogP contribution in [0.1, 0.15) is 27.7 Å². The summed E-state index contributed by atoms with van der Waals surface area (Å²) in [6.07, 6.45) is 1.02. The summed E-state index contributed by atoms with van der Waals surface area (Å²) in [4.78, 5) is 10.6. The van der Waals surface area contributed by atoms with E-state index in [0.717, 1.165) is 0 Å². The number of azo groups is 1. The average molecular weight is 254 g/mol. The summed E-state index contributed by atoms with van der Waals surface area (Å²) in [7, 11) is 0.852. The largest absolute Gasteiger partial charge is 0.486 e. The number of carbonyl (C=O) groups is 1. The Morgan fingerprint density at radius 1 is 1.28 bits per heavy atom. The Hall–Kier alpha value is -1.21. The smallest absolute Gasteiger partial charge is 0.450 e. The number of rotatable bonds is 3. The molecule has 100 valence electrons. The molecule has 1 saturated heterocycles. The molecule has 1 rings (SSSR count). The van der Waals surface area contributed by atoms with Crippen LogP contribution in [0, 0.1) is 0 Å². The Kier molecular flexibility index (Phi) is 4.64. The van der Waals surface area contributed by atoms with E-state index >= 15 is 0 Å². The number of amides is 1. The first-order valence-corrected chi connectivity index (χ1v) is 5.76. The highest BCUT2D eigenvalue weighted by atomic mass is 16.7. The molecule has 0 aromatic heterocycles. The fourth-order valence-electron chi connectivity index (χ4n) is 1.33. The van der Waals surface area contributed by atoms with Crippen LogP contribution in [0.4, 0.5) is 4.79 Å². The molecule has 0 unspecified atom stereocenters. The van der Waals surface area contributed by atoms with Crippen LogP contribution in [0.5, 0.6) is 0 Å². The van der Waals surface area contributed by atoms with E-state index in [1.807, 2.05) is 27.7 Å². The minimum Gasteiger partial charge on any atom is -0.450 e. The van der Waals surface area contributed by atoms with Crippen LogP contribution in [0.15, 0.2) is 22.3 Å². The maximum atomic E-state index is 10.6. The highest BCUT2D eigenvalue weighted by Crippen LogP contribution is 2.36. The lowest BCUT2D eigenvalue weighted by Crippen LogP contribution is -2.41. The fourth-order valence-corrected chi connectivity index (χ4v) is 1.33. The van der Waals surface area contributed by atoms with Gasteiger partial charge in [0.25, 0.3) is 0 Å². The Morgan fingerprint density at radius 2 is 1.83 bits per heavy atom. The van der Waals surface area contributed by atoms with Gasteiger partial charge < -0.3 is 14.0 Å². The number of methoxy groups -OCH3 is 1. The summed E-state index contributed by atoms with van der Waals surface area (Å²) in [6, 6.07) is 0. The van der Waals surface area contributed by atoms with Crippen LogP contribution < -0.4 is 0 Å². The number of hydrogen-bond donors (Lipinski definition) is 0. The maximum Gasteiger partial charge on any atom is 0.486 e. The molecule has 1 fully saturated rings. The summed E-state index contributed by atoms with van der Waals surface area (Å²) >= 11 is 0. The van der Waals surface area contributed by atoms with Gasteiger partial charge >= 0.3 is 13.2 Å². The Morgan fingerprint density at radius 3 is 2.33 bits per heavy atom. The topological polar surface area (TPSA) is 69.5 Å². The van der Waals surface area contributed by atoms with Gasteiger partial charge in [0.1, 0.15) is 0 Å². The zero-order valence-corrected chi connectivity index (χ0v) is 11.5. The van der Waals surface area contributed by atoms with Gasteiger partial charge in [-0.1, -0.05) is 17.2 Å². The van der Waals surface area contributed by atoms with Crippen LogP contribution in [-0.2, 0) is 14.0 Å². The highest BCUT2D eigenvalue weighted by Gasteiger charge is 2.49. The summed E-state index contributed by atoms with van der Waals surface area (Å²) in [5.41, 5.74) is -0.703. The van der Waals surface area contributed by atoms with E-state index in [0.29, 0.717) is 0 Å². The second kappa shape index (κ2) is 5.62. The Balaban J connectivity index is 2.42. The molecule has 0 spiro atoms. The van der Waals surface area contributed by atoms with Gasteiger partial charge in [-0.3, -0.25) is 0 Å². The van der Waals surface area contributed by atoms with Gasteiger partial charge in [0.2, 0.25) is 0 Å². The van der Waals surface area contributed by atoms with Crippen LogP contribution >= 0.6 is 0 Å². The zero-order valence-electron chi connectivity index (χ0n) is 11.5. The Bertz CT molecular complexity index is 350. The number of ether oxygens (including phenoxy) is 1. The van der Waals surface area contributed by atoms with Crippen molar-refractivity contribution in [2.45, 2.75) is 38.9 Å². The zero-order chi connectivity index (χ0) is 13.8. The van der Waals surface area contributed by atoms with Gasteiger partial charge in [0.05, 0.1) is 24.9 Å². The first-order chi connectivity index (χ1) is 8.28. The predicted octanol–water partition coefficient (Wildman–Crippen LogP) is 2.39. The third kappa shape index (κ3) is 3.64. The van der Waals surface area contributed by atoms with E-state index in [2.05, 4.69) is 15.0 Å². The van der Waals surface area contributed by atoms with E-state index in [1.54, 1.807) is 12.1 Å². The molecule has 1 aliphatic heterocycles. The van der Waals surface area contributed by atoms with Crippen LogP contribution in [0.2, 0.25) is 0 Å². The fraction of sp³-hybridized carbons (Fsp3) is 0.727. The van der Waals surface area contributed by atoms with Gasteiger partial charge in [0.15, 0.2) is 0 Å². The molecule has 0 aromatic rings. The van der Waals surface area contributed by atoms with Crippen molar-refractivity contribution < 1.29 is 18.8 Å². The highest BCUT2D eigenvalue weighted by molar-refractivity contribution is 6.51. The molecule has 0 bridgehead atoms. The van der Waals surface area contributed by atoms with Crippen molar-refractivity contribution >= 4 is 13.2 Å². The van der Waals surface area contributed by atoms with Crippen molar-refractivity contribution in [2.75, 3.05) is 13.7 Å². The molecule has 0 atom stereocenters. The maximum absolute atomic E-state index is 10.6. The van der Waals surface area contributed by atoms with E-state index in [-0.39, 0.29) is 17.7 Å². The number of hydrogen-bond acceptors (Lipinski definition) is 5. The molecule has 1 heterocycles. The molecule has 0 N–H and O–H groups in total. The molecule has 0 aromatic carbocycles. The molecule has 1 aliphatic rings. The minimum atomic E-state index is -0.709. The monoisotopic (exact) mass is 254 g/mol. The van der Waals surface area contributed by atoms with Crippen LogP contribution in [0.25, 0.3) is 0 Å². The van der Waals surface area contributed by atoms with E-state index in [1.165, 1.54) is 7.11 Å². The Labute approximate surface area is 108 Å². The summed E-state index contributed by atoms with van der Waals surface area (Å²) in [5, 5.41) is 6.92. The third-order valence-corrected chi connectivity index (χ3v) is 3.08. The second-order valence-electron chi connectivity index (χ2n) is 4.95. The van der Waals surface area contributed by atoms with Gasteiger partial charge in [-0.05, 0) is 27.7 Å².